The number of sulfonamides is 1. The maximum atomic E-state index is 14.8. The number of carbonyl (C=O) groups is 1. The molecule has 2 aromatic heterocycles. The lowest BCUT2D eigenvalue weighted by molar-refractivity contribution is 0.256. The van der Waals surface area contributed by atoms with Gasteiger partial charge in [0.1, 0.15) is 10.0 Å². The number of hydrogen-bond acceptors (Lipinski definition) is 6. The number of anilines is 2. The number of benzene rings is 2. The molecule has 0 bridgehead atoms. The molecule has 0 radical (unpaired) electrons. The maximum Gasteiger partial charge on any atom is 0.333 e. The Morgan fingerprint density at radius 3 is 2.44 bits per heavy atom. The normalized spacial score (nSPS) is 13.5. The highest BCUT2D eigenvalue weighted by Crippen LogP contribution is 2.47. The first-order valence-electron chi connectivity index (χ1n) is 10.9. The number of fused-ring (bicyclic) bond motifs is 1. The van der Waals surface area contributed by atoms with E-state index in [4.69, 9.17) is 11.6 Å². The number of aromatic nitrogens is 1. The molecular weight excluding hydrogens is 527 g/mol. The van der Waals surface area contributed by atoms with Gasteiger partial charge in [-0.25, -0.2) is 22.3 Å². The number of amides is 2. The second-order valence-corrected chi connectivity index (χ2v) is 11.9. The average molecular weight is 547 g/mol. The first-order chi connectivity index (χ1) is 17.2. The summed E-state index contributed by atoms with van der Waals surface area (Å²) in [5.74, 6) is -0.231. The number of rotatable bonds is 6. The second kappa shape index (κ2) is 9.23. The van der Waals surface area contributed by atoms with Gasteiger partial charge in [-0.15, -0.1) is 11.3 Å². The first-order valence-corrected chi connectivity index (χ1v) is 13.6. The van der Waals surface area contributed by atoms with Gasteiger partial charge in [-0.1, -0.05) is 11.6 Å². The molecule has 2 amide bonds. The molecule has 5 rings (SSSR count). The van der Waals surface area contributed by atoms with Gasteiger partial charge in [-0.2, -0.15) is 0 Å². The average Bonchev–Trinajstić information content (AvgIpc) is 3.57. The number of carbonyl (C=O) groups excluding carboxylic acids is 1. The third-order valence-corrected chi connectivity index (χ3v) is 8.93. The van der Waals surface area contributed by atoms with Gasteiger partial charge in [0.25, 0.3) is 15.6 Å². The summed E-state index contributed by atoms with van der Waals surface area (Å²) in [5, 5.41) is 6.38. The highest BCUT2D eigenvalue weighted by molar-refractivity contribution is 7.92. The topological polar surface area (TPSA) is 109 Å². The van der Waals surface area contributed by atoms with E-state index >= 15 is 0 Å². The van der Waals surface area contributed by atoms with Crippen LogP contribution in [-0.2, 0) is 10.0 Å². The summed E-state index contributed by atoms with van der Waals surface area (Å²) in [4.78, 5) is 25.5. The third kappa shape index (κ3) is 4.57. The lowest BCUT2D eigenvalue weighted by Gasteiger charge is -2.15. The van der Waals surface area contributed by atoms with Crippen LogP contribution in [0.4, 0.5) is 20.6 Å². The largest absolute Gasteiger partial charge is 0.386 e. The fourth-order valence-electron chi connectivity index (χ4n) is 4.12. The van der Waals surface area contributed by atoms with Gasteiger partial charge in [0.2, 0.25) is 0 Å². The Bertz CT molecular complexity index is 1660. The number of nitrogens with zero attached hydrogens (tertiary/aromatic N) is 1. The van der Waals surface area contributed by atoms with Gasteiger partial charge < -0.3 is 10.6 Å². The number of halogens is 2. The number of thiophene rings is 1. The number of hydrogen-bond donors (Lipinski definition) is 3. The van der Waals surface area contributed by atoms with Crippen LogP contribution in [-0.4, -0.2) is 26.1 Å². The molecule has 1 saturated carbocycles. The molecule has 0 atom stereocenters. The molecule has 36 heavy (non-hydrogen) atoms. The van der Waals surface area contributed by atoms with Crippen molar-refractivity contribution in [2.75, 3.05) is 17.7 Å². The molecule has 4 aromatic rings. The maximum absolute atomic E-state index is 14.8. The van der Waals surface area contributed by atoms with Gasteiger partial charge in [-0.3, -0.25) is 9.36 Å². The number of nitrogens with one attached hydrogen (secondary N) is 3. The molecule has 12 heteroatoms. The standard InChI is InChI=1S/C24H20ClFN4O4S2/c1-27-22-18(26)12-17-16(21(22)13-2-3-13)10-11-30(23(17)31)15-6-4-14(5-7-15)28-24(32)29-36(33,34)20-9-8-19(25)35-20/h4-13,27H,2-3H2,1H3,(H2,28,29,32). The molecule has 0 saturated heterocycles. The van der Waals surface area contributed by atoms with E-state index < -0.39 is 21.9 Å². The third-order valence-electron chi connectivity index (χ3n) is 5.88. The van der Waals surface area contributed by atoms with E-state index in [1.807, 2.05) is 10.8 Å². The Hall–Kier alpha value is -3.41. The molecule has 2 aromatic carbocycles. The fraction of sp³-hybridized carbons (Fsp3) is 0.167. The summed E-state index contributed by atoms with van der Waals surface area (Å²) in [7, 11) is -2.39. The molecule has 2 heterocycles. The Labute approximate surface area is 214 Å². The van der Waals surface area contributed by atoms with Crippen LogP contribution in [0.25, 0.3) is 16.5 Å². The molecule has 186 valence electrons. The molecule has 8 nitrogen and oxygen atoms in total. The van der Waals surface area contributed by atoms with Crippen LogP contribution >= 0.6 is 22.9 Å². The summed E-state index contributed by atoms with van der Waals surface area (Å²) in [6.07, 6.45) is 3.56. The van der Waals surface area contributed by atoms with Crippen LogP contribution in [0, 0.1) is 5.82 Å². The summed E-state index contributed by atoms with van der Waals surface area (Å²) in [6.45, 7) is 0. The van der Waals surface area contributed by atoms with Crippen molar-refractivity contribution in [3.05, 3.63) is 80.8 Å². The van der Waals surface area contributed by atoms with E-state index in [9.17, 15) is 22.4 Å². The Balaban J connectivity index is 1.39. The molecule has 3 N–H and O–H groups in total. The lowest BCUT2D eigenvalue weighted by atomic mass is 9.99. The zero-order valence-electron chi connectivity index (χ0n) is 18.8. The van der Waals surface area contributed by atoms with Crippen LogP contribution < -0.4 is 20.9 Å². The van der Waals surface area contributed by atoms with E-state index in [2.05, 4.69) is 10.6 Å². The van der Waals surface area contributed by atoms with E-state index in [0.717, 1.165) is 35.1 Å². The minimum Gasteiger partial charge on any atom is -0.386 e. The van der Waals surface area contributed by atoms with Gasteiger partial charge in [-0.05, 0) is 78.2 Å². The van der Waals surface area contributed by atoms with Crippen LogP contribution in [0.15, 0.2) is 63.7 Å². The van der Waals surface area contributed by atoms with E-state index in [1.54, 1.807) is 25.4 Å². The van der Waals surface area contributed by atoms with Crippen molar-refractivity contribution in [3.63, 3.8) is 0 Å². The minimum atomic E-state index is -4.06. The van der Waals surface area contributed by atoms with Crippen LogP contribution in [0.1, 0.15) is 24.3 Å². The zero-order valence-corrected chi connectivity index (χ0v) is 21.2. The first kappa shape index (κ1) is 24.3. The SMILES string of the molecule is CNc1c(F)cc2c(=O)n(-c3ccc(NC(=O)NS(=O)(=O)c4ccc(Cl)s4)cc3)ccc2c1C1CC1. The second-order valence-electron chi connectivity index (χ2n) is 8.29. The van der Waals surface area contributed by atoms with E-state index in [0.29, 0.717) is 17.1 Å². The number of urea groups is 1. The van der Waals surface area contributed by atoms with E-state index in [-0.39, 0.29) is 25.4 Å². The predicted octanol–water partition coefficient (Wildman–Crippen LogP) is 5.27. The monoisotopic (exact) mass is 546 g/mol. The smallest absolute Gasteiger partial charge is 0.333 e. The summed E-state index contributed by atoms with van der Waals surface area (Å²) >= 11 is 6.60. The fourth-order valence-corrected chi connectivity index (χ4v) is 6.51. The Morgan fingerprint density at radius 1 is 1.11 bits per heavy atom. The number of pyridine rings is 1. The van der Waals surface area contributed by atoms with Crippen molar-refractivity contribution in [1.82, 2.24) is 9.29 Å². The molecule has 0 unspecified atom stereocenters. The minimum absolute atomic E-state index is 0.0863. The molecule has 1 fully saturated rings. The lowest BCUT2D eigenvalue weighted by Crippen LogP contribution is -2.33. The molecule has 0 aliphatic heterocycles. The van der Waals surface area contributed by atoms with Crippen molar-refractivity contribution < 1.29 is 17.6 Å². The molecular formula is C24H20ClFN4O4S2. The molecule has 0 spiro atoms. The molecule has 1 aliphatic rings. The highest BCUT2D eigenvalue weighted by Gasteiger charge is 2.30. The van der Waals surface area contributed by atoms with Crippen LogP contribution in [0.3, 0.4) is 0 Å². The van der Waals surface area contributed by atoms with Crippen molar-refractivity contribution in [3.8, 4) is 5.69 Å². The highest BCUT2D eigenvalue weighted by atomic mass is 35.5. The van der Waals surface area contributed by atoms with Crippen LogP contribution in [0.5, 0.6) is 0 Å². The van der Waals surface area contributed by atoms with Crippen LogP contribution in [0.2, 0.25) is 4.34 Å². The van der Waals surface area contributed by atoms with Crippen molar-refractivity contribution in [1.29, 1.82) is 0 Å². The van der Waals surface area contributed by atoms with Gasteiger partial charge in [0.15, 0.2) is 0 Å². The summed E-state index contributed by atoms with van der Waals surface area (Å²) in [6, 6.07) is 11.1. The summed E-state index contributed by atoms with van der Waals surface area (Å²) in [5.41, 5.74) is 1.71. The van der Waals surface area contributed by atoms with Gasteiger partial charge in [0.05, 0.1) is 15.4 Å². The predicted molar refractivity (Wildman–Crippen MR) is 140 cm³/mol. The van der Waals surface area contributed by atoms with Crippen molar-refractivity contribution in [2.24, 2.45) is 0 Å². The van der Waals surface area contributed by atoms with Crippen molar-refractivity contribution in [2.45, 2.75) is 23.0 Å². The molecule has 1 aliphatic carbocycles. The quantitative estimate of drug-likeness (QED) is 0.305. The van der Waals surface area contributed by atoms with Gasteiger partial charge >= 0.3 is 6.03 Å². The summed E-state index contributed by atoms with van der Waals surface area (Å²) < 4.78 is 42.8. The Kier molecular flexibility index (Phi) is 6.23. The zero-order chi connectivity index (χ0) is 25.6. The van der Waals surface area contributed by atoms with E-state index in [1.165, 1.54) is 34.9 Å². The van der Waals surface area contributed by atoms with Crippen molar-refractivity contribution >= 4 is 61.1 Å². The van der Waals surface area contributed by atoms with Gasteiger partial charge in [0, 0.05) is 24.6 Å². The Morgan fingerprint density at radius 2 is 1.83 bits per heavy atom.